The number of halogens is 1. The van der Waals surface area contributed by atoms with Crippen molar-refractivity contribution in [3.63, 3.8) is 0 Å². The van der Waals surface area contributed by atoms with Crippen LogP contribution in [0.1, 0.15) is 10.8 Å². The summed E-state index contributed by atoms with van der Waals surface area (Å²) in [4.78, 5) is 13.1. The molecule has 0 aliphatic heterocycles. The van der Waals surface area contributed by atoms with Crippen LogP contribution in [0.3, 0.4) is 0 Å². The molecular formula is C12H11ClN4S. The van der Waals surface area contributed by atoms with Gasteiger partial charge in [0.05, 0.1) is 10.9 Å². The summed E-state index contributed by atoms with van der Waals surface area (Å²) in [6, 6.07) is 3.84. The van der Waals surface area contributed by atoms with Gasteiger partial charge < -0.3 is 4.57 Å². The molecule has 0 radical (unpaired) electrons. The van der Waals surface area contributed by atoms with Crippen LogP contribution in [-0.4, -0.2) is 19.5 Å². The topological polar surface area (TPSA) is 43.6 Å². The first-order valence-corrected chi connectivity index (χ1v) is 7.04. The molecule has 6 heteroatoms. The standard InChI is InChI=1S/C12H11ClN4S/c13-8-10-16-9-2-1-4-15-12(9)17(10)6-3-11-14-5-7-18-11/h1-2,4-5,7H,3,6,8H2. The van der Waals surface area contributed by atoms with Crippen molar-refractivity contribution in [3.8, 4) is 0 Å². The Kier molecular flexibility index (Phi) is 3.25. The SMILES string of the molecule is ClCc1nc2cccnc2n1CCc1nccs1. The van der Waals surface area contributed by atoms with E-state index in [1.807, 2.05) is 23.7 Å². The minimum atomic E-state index is 0.397. The Morgan fingerprint density at radius 1 is 1.28 bits per heavy atom. The molecule has 0 saturated heterocycles. The lowest BCUT2D eigenvalue weighted by molar-refractivity contribution is 0.680. The molecule has 0 amide bonds. The molecule has 4 nitrogen and oxygen atoms in total. The second kappa shape index (κ2) is 5.04. The Balaban J connectivity index is 1.94. The molecule has 0 unspecified atom stereocenters. The predicted octanol–water partition coefficient (Wildman–Crippen LogP) is 2.87. The minimum Gasteiger partial charge on any atom is -0.311 e. The molecular weight excluding hydrogens is 268 g/mol. The fourth-order valence-electron chi connectivity index (χ4n) is 1.93. The molecule has 0 fully saturated rings. The van der Waals surface area contributed by atoms with Crippen molar-refractivity contribution in [2.75, 3.05) is 0 Å². The second-order valence-corrected chi connectivity index (χ2v) is 5.08. The normalized spacial score (nSPS) is 11.2. The Hall–Kier alpha value is -1.46. The number of alkyl halides is 1. The lowest BCUT2D eigenvalue weighted by atomic mass is 10.4. The average Bonchev–Trinajstić information content (AvgIpc) is 3.03. The molecule has 0 spiro atoms. The van der Waals surface area contributed by atoms with Crippen LogP contribution in [0.4, 0.5) is 0 Å². The molecule has 3 rings (SSSR count). The summed E-state index contributed by atoms with van der Waals surface area (Å²) in [6.07, 6.45) is 4.48. The lowest BCUT2D eigenvalue weighted by Gasteiger charge is -2.05. The van der Waals surface area contributed by atoms with Gasteiger partial charge in [0, 0.05) is 30.7 Å². The van der Waals surface area contributed by atoms with Gasteiger partial charge in [-0.15, -0.1) is 22.9 Å². The number of nitrogens with zero attached hydrogens (tertiary/aromatic N) is 4. The second-order valence-electron chi connectivity index (χ2n) is 3.84. The van der Waals surface area contributed by atoms with Crippen molar-refractivity contribution < 1.29 is 0 Å². The third-order valence-corrected chi connectivity index (χ3v) is 3.81. The minimum absolute atomic E-state index is 0.397. The maximum Gasteiger partial charge on any atom is 0.160 e. The molecule has 0 saturated carbocycles. The predicted molar refractivity (Wildman–Crippen MR) is 72.9 cm³/mol. The summed E-state index contributed by atoms with van der Waals surface area (Å²) in [6.45, 7) is 0.809. The first kappa shape index (κ1) is 11.6. The van der Waals surface area contributed by atoms with E-state index >= 15 is 0 Å². The van der Waals surface area contributed by atoms with Gasteiger partial charge >= 0.3 is 0 Å². The number of rotatable bonds is 4. The van der Waals surface area contributed by atoms with E-state index in [0.29, 0.717) is 5.88 Å². The molecule has 18 heavy (non-hydrogen) atoms. The molecule has 92 valence electrons. The Morgan fingerprint density at radius 3 is 3.00 bits per heavy atom. The average molecular weight is 279 g/mol. The van der Waals surface area contributed by atoms with Crippen LogP contribution in [0, 0.1) is 0 Å². The third-order valence-electron chi connectivity index (χ3n) is 2.74. The van der Waals surface area contributed by atoms with Gasteiger partial charge in [-0.25, -0.2) is 15.0 Å². The summed E-state index contributed by atoms with van der Waals surface area (Å²) in [5.74, 6) is 1.26. The maximum atomic E-state index is 5.94. The lowest BCUT2D eigenvalue weighted by Crippen LogP contribution is -2.05. The summed E-state index contributed by atoms with van der Waals surface area (Å²) in [7, 11) is 0. The fraction of sp³-hybridized carbons (Fsp3) is 0.250. The number of aryl methyl sites for hydroxylation is 2. The summed E-state index contributed by atoms with van der Waals surface area (Å²) in [5, 5.41) is 3.11. The van der Waals surface area contributed by atoms with Crippen LogP contribution in [0.2, 0.25) is 0 Å². The van der Waals surface area contributed by atoms with Crippen molar-refractivity contribution in [2.45, 2.75) is 18.8 Å². The first-order valence-electron chi connectivity index (χ1n) is 5.63. The highest BCUT2D eigenvalue weighted by Crippen LogP contribution is 2.16. The number of pyridine rings is 1. The van der Waals surface area contributed by atoms with Crippen LogP contribution in [0.25, 0.3) is 11.2 Å². The van der Waals surface area contributed by atoms with Crippen LogP contribution in [0.5, 0.6) is 0 Å². The van der Waals surface area contributed by atoms with Crippen molar-refractivity contribution >= 4 is 34.1 Å². The molecule has 0 aliphatic carbocycles. The fourth-order valence-corrected chi connectivity index (χ4v) is 2.74. The molecule has 0 aliphatic rings. The summed E-state index contributed by atoms with van der Waals surface area (Å²) in [5.41, 5.74) is 1.79. The van der Waals surface area contributed by atoms with Crippen LogP contribution in [-0.2, 0) is 18.8 Å². The Labute approximate surface area is 113 Å². The van der Waals surface area contributed by atoms with Crippen molar-refractivity contribution in [2.24, 2.45) is 0 Å². The van der Waals surface area contributed by atoms with Crippen LogP contribution >= 0.6 is 22.9 Å². The van der Waals surface area contributed by atoms with E-state index < -0.39 is 0 Å². The highest BCUT2D eigenvalue weighted by Gasteiger charge is 2.10. The molecule has 3 aromatic heterocycles. The van der Waals surface area contributed by atoms with Crippen molar-refractivity contribution in [3.05, 3.63) is 40.7 Å². The highest BCUT2D eigenvalue weighted by molar-refractivity contribution is 7.09. The third kappa shape index (κ3) is 2.11. The van der Waals surface area contributed by atoms with E-state index in [0.717, 1.165) is 35.0 Å². The van der Waals surface area contributed by atoms with E-state index in [1.54, 1.807) is 17.5 Å². The number of hydrogen-bond donors (Lipinski definition) is 0. The largest absolute Gasteiger partial charge is 0.311 e. The summed E-state index contributed by atoms with van der Waals surface area (Å²) < 4.78 is 2.07. The Morgan fingerprint density at radius 2 is 2.22 bits per heavy atom. The zero-order valence-corrected chi connectivity index (χ0v) is 11.2. The Bertz CT molecular complexity index is 647. The van der Waals surface area contributed by atoms with E-state index in [9.17, 15) is 0 Å². The number of aromatic nitrogens is 4. The van der Waals surface area contributed by atoms with Crippen molar-refractivity contribution in [1.82, 2.24) is 19.5 Å². The van der Waals surface area contributed by atoms with Gasteiger partial charge in [0.2, 0.25) is 0 Å². The smallest absolute Gasteiger partial charge is 0.160 e. The zero-order chi connectivity index (χ0) is 12.4. The monoisotopic (exact) mass is 278 g/mol. The van der Waals surface area contributed by atoms with Crippen LogP contribution in [0.15, 0.2) is 29.9 Å². The van der Waals surface area contributed by atoms with E-state index in [-0.39, 0.29) is 0 Å². The number of imidazole rings is 1. The first-order chi connectivity index (χ1) is 8.88. The number of fused-ring (bicyclic) bond motifs is 1. The van der Waals surface area contributed by atoms with Gasteiger partial charge in [-0.05, 0) is 12.1 Å². The van der Waals surface area contributed by atoms with E-state index in [2.05, 4.69) is 19.5 Å². The van der Waals surface area contributed by atoms with Gasteiger partial charge in [-0.3, -0.25) is 0 Å². The van der Waals surface area contributed by atoms with Gasteiger partial charge in [0.15, 0.2) is 5.65 Å². The van der Waals surface area contributed by atoms with Crippen LogP contribution < -0.4 is 0 Å². The van der Waals surface area contributed by atoms with Gasteiger partial charge in [-0.1, -0.05) is 0 Å². The highest BCUT2D eigenvalue weighted by atomic mass is 35.5. The molecule has 0 atom stereocenters. The quantitative estimate of drug-likeness (QED) is 0.689. The molecule has 0 aromatic carbocycles. The van der Waals surface area contributed by atoms with Gasteiger partial charge in [-0.2, -0.15) is 0 Å². The molecule has 0 N–H and O–H groups in total. The molecule has 3 aromatic rings. The van der Waals surface area contributed by atoms with Crippen molar-refractivity contribution in [1.29, 1.82) is 0 Å². The number of thiazole rings is 1. The van der Waals surface area contributed by atoms with E-state index in [1.165, 1.54) is 0 Å². The number of hydrogen-bond acceptors (Lipinski definition) is 4. The van der Waals surface area contributed by atoms with E-state index in [4.69, 9.17) is 11.6 Å². The van der Waals surface area contributed by atoms with Gasteiger partial charge in [0.25, 0.3) is 0 Å². The molecule has 0 bridgehead atoms. The zero-order valence-electron chi connectivity index (χ0n) is 9.58. The maximum absolute atomic E-state index is 5.94. The summed E-state index contributed by atoms with van der Waals surface area (Å²) >= 11 is 7.61. The molecule has 3 heterocycles. The van der Waals surface area contributed by atoms with Gasteiger partial charge in [0.1, 0.15) is 11.3 Å².